The molecule has 3 heterocycles. The Balaban J connectivity index is 1.34. The van der Waals surface area contributed by atoms with Crippen molar-refractivity contribution in [2.75, 3.05) is 19.6 Å². The van der Waals surface area contributed by atoms with Crippen LogP contribution in [-0.4, -0.2) is 41.3 Å². The van der Waals surface area contributed by atoms with Gasteiger partial charge in [0.05, 0.1) is 12.2 Å². The largest absolute Gasteiger partial charge is 0.459 e. The fourth-order valence-corrected chi connectivity index (χ4v) is 5.07. The summed E-state index contributed by atoms with van der Waals surface area (Å²) >= 11 is 6.58. The molecule has 0 bridgehead atoms. The molecular weight excluding hydrogens is 450 g/mol. The van der Waals surface area contributed by atoms with Crippen molar-refractivity contribution in [3.63, 3.8) is 0 Å². The molecule has 2 aromatic heterocycles. The second-order valence-electron chi connectivity index (χ2n) is 8.68. The van der Waals surface area contributed by atoms with Gasteiger partial charge in [-0.05, 0) is 48.2 Å². The summed E-state index contributed by atoms with van der Waals surface area (Å²) < 4.78 is 5.25. The molecule has 1 saturated heterocycles. The molecule has 0 unspecified atom stereocenters. The lowest BCUT2D eigenvalue weighted by Crippen LogP contribution is -2.46. The van der Waals surface area contributed by atoms with Crippen LogP contribution in [0.15, 0.2) is 77.5 Å². The summed E-state index contributed by atoms with van der Waals surface area (Å²) in [5.74, 6) is -0.288. The number of carbonyl (C=O) groups is 2. The van der Waals surface area contributed by atoms with Crippen LogP contribution >= 0.6 is 11.6 Å². The number of fused-ring (bicyclic) bond motifs is 1. The quantitative estimate of drug-likeness (QED) is 0.401. The first-order valence-electron chi connectivity index (χ1n) is 11.5. The number of para-hydroxylation sites is 1. The van der Waals surface area contributed by atoms with Crippen LogP contribution in [0, 0.1) is 5.92 Å². The first-order valence-corrected chi connectivity index (χ1v) is 11.9. The predicted octanol–water partition coefficient (Wildman–Crippen LogP) is 5.21. The summed E-state index contributed by atoms with van der Waals surface area (Å²) in [4.78, 5) is 30.9. The highest BCUT2D eigenvalue weighted by Gasteiger charge is 2.30. The number of benzene rings is 2. The van der Waals surface area contributed by atoms with Gasteiger partial charge in [0.2, 0.25) is 5.91 Å². The smallest absolute Gasteiger partial charge is 0.289 e. The lowest BCUT2D eigenvalue weighted by Gasteiger charge is -2.32. The van der Waals surface area contributed by atoms with Crippen LogP contribution < -0.4 is 5.32 Å². The zero-order valence-electron chi connectivity index (χ0n) is 18.7. The SMILES string of the molecule is O=C(NC[C@@H](c1ccccc1Cl)c1c[nH]c2ccccc12)[C@@H]1CCCN(C(=O)c2ccco2)C1. The minimum absolute atomic E-state index is 0.0474. The van der Waals surface area contributed by atoms with E-state index in [4.69, 9.17) is 16.0 Å². The number of likely N-dealkylation sites (tertiary alicyclic amines) is 1. The molecule has 1 aliphatic rings. The monoisotopic (exact) mass is 475 g/mol. The van der Waals surface area contributed by atoms with Crippen molar-refractivity contribution in [1.82, 2.24) is 15.2 Å². The average Bonchev–Trinajstić information content (AvgIpc) is 3.56. The van der Waals surface area contributed by atoms with Gasteiger partial charge >= 0.3 is 0 Å². The topological polar surface area (TPSA) is 78.3 Å². The molecular formula is C27H26ClN3O3. The number of amides is 2. The summed E-state index contributed by atoms with van der Waals surface area (Å²) in [6.07, 6.45) is 5.01. The average molecular weight is 476 g/mol. The summed E-state index contributed by atoms with van der Waals surface area (Å²) in [5, 5.41) is 4.93. The maximum atomic E-state index is 13.2. The lowest BCUT2D eigenvalue weighted by atomic mass is 9.90. The third-order valence-electron chi connectivity index (χ3n) is 6.57. The molecule has 174 valence electrons. The van der Waals surface area contributed by atoms with Gasteiger partial charge in [-0.2, -0.15) is 0 Å². The molecule has 1 fully saturated rings. The van der Waals surface area contributed by atoms with E-state index in [2.05, 4.69) is 16.4 Å². The fraction of sp³-hybridized carbons (Fsp3) is 0.259. The number of aromatic amines is 1. The summed E-state index contributed by atoms with van der Waals surface area (Å²) in [6.45, 7) is 1.42. The van der Waals surface area contributed by atoms with Crippen LogP contribution in [0.5, 0.6) is 0 Å². The third kappa shape index (κ3) is 4.46. The highest BCUT2D eigenvalue weighted by Crippen LogP contribution is 2.34. The Morgan fingerprint density at radius 2 is 1.91 bits per heavy atom. The van der Waals surface area contributed by atoms with Gasteiger partial charge in [-0.25, -0.2) is 0 Å². The Labute approximate surface area is 202 Å². The van der Waals surface area contributed by atoms with Crippen molar-refractivity contribution in [2.45, 2.75) is 18.8 Å². The second kappa shape index (κ2) is 9.77. The molecule has 2 aromatic carbocycles. The van der Waals surface area contributed by atoms with E-state index in [1.54, 1.807) is 17.0 Å². The fourth-order valence-electron chi connectivity index (χ4n) is 4.81. The van der Waals surface area contributed by atoms with Gasteiger partial charge in [-0.15, -0.1) is 0 Å². The number of nitrogens with one attached hydrogen (secondary N) is 2. The summed E-state index contributed by atoms with van der Waals surface area (Å²) in [7, 11) is 0. The first kappa shape index (κ1) is 22.3. The standard InChI is InChI=1S/C27H26ClN3O3/c28-23-10-3-1-8-19(23)21(22-15-29-24-11-4-2-9-20(22)24)16-30-26(32)18-7-5-13-31(17-18)27(33)25-12-6-14-34-25/h1-4,6,8-12,14-15,18,21,29H,5,7,13,16-17H2,(H,30,32)/t18-,21+/m1/s1. The van der Waals surface area contributed by atoms with Crippen molar-refractivity contribution in [3.8, 4) is 0 Å². The Morgan fingerprint density at radius 1 is 1.09 bits per heavy atom. The van der Waals surface area contributed by atoms with Crippen molar-refractivity contribution in [1.29, 1.82) is 0 Å². The molecule has 0 saturated carbocycles. The van der Waals surface area contributed by atoms with Gasteiger partial charge in [0.15, 0.2) is 5.76 Å². The van der Waals surface area contributed by atoms with Crippen LogP contribution in [-0.2, 0) is 4.79 Å². The van der Waals surface area contributed by atoms with Crippen molar-refractivity contribution < 1.29 is 14.0 Å². The Hall–Kier alpha value is -3.51. The van der Waals surface area contributed by atoms with Gasteiger partial charge in [-0.1, -0.05) is 48.0 Å². The molecule has 4 aromatic rings. The van der Waals surface area contributed by atoms with E-state index in [0.29, 0.717) is 30.4 Å². The number of piperidine rings is 1. The molecule has 0 radical (unpaired) electrons. The van der Waals surface area contributed by atoms with E-state index in [1.165, 1.54) is 6.26 Å². The zero-order valence-corrected chi connectivity index (χ0v) is 19.4. The lowest BCUT2D eigenvalue weighted by molar-refractivity contribution is -0.126. The number of furan rings is 1. The number of hydrogen-bond donors (Lipinski definition) is 2. The number of aromatic nitrogens is 1. The normalized spacial score (nSPS) is 17.0. The molecule has 6 nitrogen and oxygen atoms in total. The van der Waals surface area contributed by atoms with Crippen molar-refractivity contribution >= 4 is 34.3 Å². The predicted molar refractivity (Wildman–Crippen MR) is 132 cm³/mol. The number of hydrogen-bond acceptors (Lipinski definition) is 3. The maximum Gasteiger partial charge on any atom is 0.289 e. The van der Waals surface area contributed by atoms with Gasteiger partial charge in [0.25, 0.3) is 5.91 Å². The highest BCUT2D eigenvalue weighted by atomic mass is 35.5. The number of halogens is 1. The first-order chi connectivity index (χ1) is 16.6. The highest BCUT2D eigenvalue weighted by molar-refractivity contribution is 6.31. The van der Waals surface area contributed by atoms with Gasteiger partial charge < -0.3 is 19.6 Å². The van der Waals surface area contributed by atoms with Crippen LogP contribution in [0.25, 0.3) is 10.9 Å². The zero-order chi connectivity index (χ0) is 23.5. The van der Waals surface area contributed by atoms with Crippen molar-refractivity contribution in [3.05, 3.63) is 95.0 Å². The molecule has 7 heteroatoms. The third-order valence-corrected chi connectivity index (χ3v) is 6.91. The van der Waals surface area contributed by atoms with Crippen molar-refractivity contribution in [2.24, 2.45) is 5.92 Å². The Morgan fingerprint density at radius 3 is 2.74 bits per heavy atom. The van der Waals surface area contributed by atoms with E-state index in [-0.39, 0.29) is 23.7 Å². The van der Waals surface area contributed by atoms with E-state index < -0.39 is 0 Å². The van der Waals surface area contributed by atoms with Crippen LogP contribution in [0.3, 0.4) is 0 Å². The van der Waals surface area contributed by atoms with Crippen LogP contribution in [0.2, 0.25) is 5.02 Å². The van der Waals surface area contributed by atoms with E-state index in [0.717, 1.165) is 34.9 Å². The van der Waals surface area contributed by atoms with E-state index in [1.807, 2.05) is 48.7 Å². The Kier molecular flexibility index (Phi) is 6.41. The number of carbonyl (C=O) groups excluding carboxylic acids is 2. The van der Waals surface area contributed by atoms with Crippen LogP contribution in [0.4, 0.5) is 0 Å². The maximum absolute atomic E-state index is 13.2. The molecule has 2 atom stereocenters. The number of H-pyrrole nitrogens is 1. The summed E-state index contributed by atoms with van der Waals surface area (Å²) in [5.41, 5.74) is 3.09. The minimum atomic E-state index is -0.262. The van der Waals surface area contributed by atoms with Gasteiger partial charge in [-0.3, -0.25) is 9.59 Å². The molecule has 34 heavy (non-hydrogen) atoms. The molecule has 1 aliphatic heterocycles. The molecule has 2 N–H and O–H groups in total. The van der Waals surface area contributed by atoms with E-state index >= 15 is 0 Å². The van der Waals surface area contributed by atoms with E-state index in [9.17, 15) is 9.59 Å². The number of nitrogens with zero attached hydrogens (tertiary/aromatic N) is 1. The summed E-state index contributed by atoms with van der Waals surface area (Å²) in [6, 6.07) is 19.2. The molecule has 2 amide bonds. The molecule has 0 aliphatic carbocycles. The van der Waals surface area contributed by atoms with Gasteiger partial charge in [0, 0.05) is 47.7 Å². The number of rotatable bonds is 6. The minimum Gasteiger partial charge on any atom is -0.459 e. The molecule has 5 rings (SSSR count). The van der Waals surface area contributed by atoms with Crippen LogP contribution in [0.1, 0.15) is 40.4 Å². The van der Waals surface area contributed by atoms with Gasteiger partial charge in [0.1, 0.15) is 0 Å². The second-order valence-corrected chi connectivity index (χ2v) is 9.08. The molecule has 0 spiro atoms. The Bertz CT molecular complexity index is 1300.